The van der Waals surface area contributed by atoms with E-state index in [1.165, 1.54) is 21.7 Å². The summed E-state index contributed by atoms with van der Waals surface area (Å²) in [5.74, 6) is 4.69. The Hall–Kier alpha value is -6.86. The Morgan fingerprint density at radius 3 is 2.56 bits per heavy atom. The smallest absolute Gasteiger partial charge is 0.255 e. The Labute approximate surface area is 366 Å². The molecule has 1 saturated heterocycles. The molecule has 0 radical (unpaired) electrons. The lowest BCUT2D eigenvalue weighted by molar-refractivity contribution is -0.137. The summed E-state index contributed by atoms with van der Waals surface area (Å²) in [6.45, 7) is 1.30. The van der Waals surface area contributed by atoms with E-state index in [1.807, 2.05) is 36.4 Å². The van der Waals surface area contributed by atoms with E-state index in [2.05, 4.69) is 32.4 Å². The second-order valence-electron chi connectivity index (χ2n) is 15.2. The number of benzene rings is 4. The first-order valence-corrected chi connectivity index (χ1v) is 21.0. The lowest BCUT2D eigenvalue weighted by Crippen LogP contribution is -2.52. The van der Waals surface area contributed by atoms with Gasteiger partial charge in [0.05, 0.1) is 17.6 Å². The summed E-state index contributed by atoms with van der Waals surface area (Å²) in [7, 11) is 0. The number of hydrogen-bond donors (Lipinski definition) is 4. The largest absolute Gasteiger partial charge is 0.493 e. The van der Waals surface area contributed by atoms with Crippen LogP contribution in [0.3, 0.4) is 0 Å². The molecule has 2 aliphatic rings. The molecule has 6 aromatic rings. The Kier molecular flexibility index (Phi) is 13.2. The highest BCUT2D eigenvalue weighted by atomic mass is 35.5. The zero-order chi connectivity index (χ0) is 43.9. The van der Waals surface area contributed by atoms with Gasteiger partial charge in [-0.25, -0.2) is 9.37 Å². The number of ether oxygens (including phenoxy) is 2. The number of hydrogen-bond acceptors (Lipinski definition) is 9. The molecule has 0 spiro atoms. The molecule has 16 heteroatoms. The van der Waals surface area contributed by atoms with Crippen molar-refractivity contribution < 1.29 is 38.1 Å². The van der Waals surface area contributed by atoms with Crippen molar-refractivity contribution in [1.82, 2.24) is 35.3 Å². The fourth-order valence-electron chi connectivity index (χ4n) is 7.64. The van der Waals surface area contributed by atoms with Gasteiger partial charge in [0.1, 0.15) is 30.8 Å². The Balaban J connectivity index is 0.758. The van der Waals surface area contributed by atoms with Crippen LogP contribution in [0, 0.1) is 17.7 Å². The standard InChI is InChI=1S/C47H43ClFN7O7/c48-34-13-18-38-39(26-34)52-47(51-38)56-46(61)37(17-9-30-7-14-35(49)15-8-30)43(54-56)32-11-5-29(6-12-32)3-1-23-63-28-42(58)50-21-24-62-22-2-4-31-10-16-36-33(25-31)27-55(45(36)60)40-19-20-41(57)53-44(40)59/h5-8,10-16,18,25-26,40,61H,1,3,9,17,19-24,27-28H2,(H,50,58)(H,51,52)(H,53,57,59). The Bertz CT molecular complexity index is 2740. The Morgan fingerprint density at radius 2 is 1.75 bits per heavy atom. The zero-order valence-corrected chi connectivity index (χ0v) is 34.8. The number of halogens is 2. The molecule has 1 atom stereocenters. The number of carbonyl (C=O) groups is 4. The first-order chi connectivity index (χ1) is 30.6. The van der Waals surface area contributed by atoms with Gasteiger partial charge in [0.25, 0.3) is 5.91 Å². The van der Waals surface area contributed by atoms with Gasteiger partial charge in [0.15, 0.2) is 0 Å². The van der Waals surface area contributed by atoms with Crippen molar-refractivity contribution in [2.45, 2.75) is 51.1 Å². The van der Waals surface area contributed by atoms with Crippen molar-refractivity contribution in [2.24, 2.45) is 0 Å². The summed E-state index contributed by atoms with van der Waals surface area (Å²) in [6.07, 6.45) is 2.93. The van der Waals surface area contributed by atoms with Gasteiger partial charge in [-0.05, 0) is 97.3 Å². The van der Waals surface area contributed by atoms with E-state index in [-0.39, 0.29) is 62.2 Å². The number of piperidine rings is 1. The first kappa shape index (κ1) is 42.8. The van der Waals surface area contributed by atoms with E-state index in [1.54, 1.807) is 36.4 Å². The number of fused-ring (bicyclic) bond motifs is 2. The zero-order valence-electron chi connectivity index (χ0n) is 34.1. The molecule has 2 aromatic heterocycles. The third-order valence-electron chi connectivity index (χ3n) is 10.9. The number of aromatic nitrogens is 4. The molecule has 0 bridgehead atoms. The van der Waals surface area contributed by atoms with Crippen molar-refractivity contribution in [3.05, 3.63) is 129 Å². The van der Waals surface area contributed by atoms with Crippen LogP contribution < -0.4 is 10.6 Å². The summed E-state index contributed by atoms with van der Waals surface area (Å²) in [4.78, 5) is 58.3. The van der Waals surface area contributed by atoms with Gasteiger partial charge in [0.2, 0.25) is 29.5 Å². The van der Waals surface area contributed by atoms with E-state index < -0.39 is 11.9 Å². The summed E-state index contributed by atoms with van der Waals surface area (Å²) in [6, 6.07) is 24.1. The molecule has 4 N–H and O–H groups in total. The van der Waals surface area contributed by atoms with Crippen LogP contribution in [-0.4, -0.2) is 92.4 Å². The van der Waals surface area contributed by atoms with E-state index >= 15 is 0 Å². The number of amides is 4. The molecule has 1 unspecified atom stereocenters. The average Bonchev–Trinajstić information content (AvgIpc) is 3.95. The molecule has 4 amide bonds. The SMILES string of the molecule is O=C(COCCCc1ccc(-c2nn(-c3nc4cc(Cl)ccc4[nH]3)c(O)c2CCc2ccc(F)cc2)cc1)NCCOCC#Cc1ccc2c(c1)CN(C1CCC(=O)NC1=O)C2=O. The summed E-state index contributed by atoms with van der Waals surface area (Å²) < 4.78 is 26.1. The number of carbonyl (C=O) groups excluding carboxylic acids is 4. The normalized spacial score (nSPS) is 14.7. The highest BCUT2D eigenvalue weighted by Crippen LogP contribution is 2.34. The number of aryl methyl sites for hydroxylation is 2. The predicted octanol–water partition coefficient (Wildman–Crippen LogP) is 5.59. The van der Waals surface area contributed by atoms with E-state index in [9.17, 15) is 28.7 Å². The van der Waals surface area contributed by atoms with Crippen LogP contribution in [0.25, 0.3) is 28.2 Å². The lowest BCUT2D eigenvalue weighted by atomic mass is 9.99. The second-order valence-corrected chi connectivity index (χ2v) is 15.7. The maximum atomic E-state index is 13.6. The van der Waals surface area contributed by atoms with Crippen LogP contribution >= 0.6 is 11.6 Å². The van der Waals surface area contributed by atoms with E-state index in [0.717, 1.165) is 34.2 Å². The fraction of sp³-hybridized carbons (Fsp3) is 0.277. The number of imidazole rings is 1. The van der Waals surface area contributed by atoms with Gasteiger partial charge in [0, 0.05) is 53.4 Å². The molecule has 322 valence electrons. The predicted molar refractivity (Wildman–Crippen MR) is 231 cm³/mol. The van der Waals surface area contributed by atoms with Crippen LogP contribution in [0.15, 0.2) is 84.9 Å². The molecule has 0 saturated carbocycles. The van der Waals surface area contributed by atoms with Gasteiger partial charge in [-0.1, -0.05) is 59.8 Å². The molecule has 14 nitrogen and oxygen atoms in total. The van der Waals surface area contributed by atoms with Crippen molar-refractivity contribution in [3.8, 4) is 34.9 Å². The van der Waals surface area contributed by atoms with Crippen molar-refractivity contribution in [1.29, 1.82) is 0 Å². The van der Waals surface area contributed by atoms with Crippen LogP contribution in [0.4, 0.5) is 4.39 Å². The minimum absolute atomic E-state index is 0.0446. The molecule has 63 heavy (non-hydrogen) atoms. The van der Waals surface area contributed by atoms with Gasteiger partial charge >= 0.3 is 0 Å². The third-order valence-corrected chi connectivity index (χ3v) is 11.1. The number of H-pyrrole nitrogens is 1. The number of nitrogens with one attached hydrogen (secondary N) is 3. The lowest BCUT2D eigenvalue weighted by Gasteiger charge is -2.29. The van der Waals surface area contributed by atoms with Crippen LogP contribution in [0.5, 0.6) is 5.88 Å². The molecule has 4 heterocycles. The fourth-order valence-corrected chi connectivity index (χ4v) is 7.80. The highest BCUT2D eigenvalue weighted by molar-refractivity contribution is 6.31. The number of aromatic hydroxyl groups is 1. The monoisotopic (exact) mass is 871 g/mol. The molecule has 1 fully saturated rings. The van der Waals surface area contributed by atoms with Crippen molar-refractivity contribution in [3.63, 3.8) is 0 Å². The van der Waals surface area contributed by atoms with Crippen LogP contribution in [-0.2, 0) is 49.7 Å². The molecule has 2 aliphatic heterocycles. The molecule has 8 rings (SSSR count). The molecular weight excluding hydrogens is 829 g/mol. The van der Waals surface area contributed by atoms with E-state index in [4.69, 9.17) is 26.2 Å². The third kappa shape index (κ3) is 10.3. The quantitative estimate of drug-likeness (QED) is 0.0548. The Morgan fingerprint density at radius 1 is 0.952 bits per heavy atom. The maximum absolute atomic E-state index is 13.6. The maximum Gasteiger partial charge on any atom is 0.255 e. The highest BCUT2D eigenvalue weighted by Gasteiger charge is 2.39. The summed E-state index contributed by atoms with van der Waals surface area (Å²) in [5.41, 5.74) is 7.43. The van der Waals surface area contributed by atoms with Crippen molar-refractivity contribution >= 4 is 46.3 Å². The number of rotatable bonds is 16. The van der Waals surface area contributed by atoms with Crippen molar-refractivity contribution in [2.75, 3.05) is 33.0 Å². The minimum Gasteiger partial charge on any atom is -0.493 e. The summed E-state index contributed by atoms with van der Waals surface area (Å²) >= 11 is 6.18. The van der Waals surface area contributed by atoms with Crippen LogP contribution in [0.1, 0.15) is 57.4 Å². The molecule has 4 aromatic carbocycles. The van der Waals surface area contributed by atoms with Crippen LogP contribution in [0.2, 0.25) is 5.02 Å². The second kappa shape index (κ2) is 19.5. The molecule has 0 aliphatic carbocycles. The van der Waals surface area contributed by atoms with Gasteiger partial charge < -0.3 is 29.8 Å². The molecular formula is C47H43ClFN7O7. The number of nitrogens with zero attached hydrogens (tertiary/aromatic N) is 4. The summed E-state index contributed by atoms with van der Waals surface area (Å²) in [5, 5.41) is 21.9. The topological polar surface area (TPSA) is 181 Å². The number of aromatic amines is 1. The van der Waals surface area contributed by atoms with Gasteiger partial charge in [-0.2, -0.15) is 9.78 Å². The average molecular weight is 872 g/mol. The first-order valence-electron chi connectivity index (χ1n) is 20.6. The number of imide groups is 1. The van der Waals surface area contributed by atoms with Gasteiger partial charge in [-0.15, -0.1) is 0 Å². The van der Waals surface area contributed by atoms with Gasteiger partial charge in [-0.3, -0.25) is 24.5 Å². The van der Waals surface area contributed by atoms with E-state index in [0.29, 0.717) is 77.7 Å². The minimum atomic E-state index is -0.669.